The van der Waals surface area contributed by atoms with Crippen LogP contribution in [0, 0.1) is 0 Å². The lowest BCUT2D eigenvalue weighted by atomic mass is 10.2. The van der Waals surface area contributed by atoms with Gasteiger partial charge in [0.2, 0.25) is 0 Å². The number of hydrogen-bond donors (Lipinski definition) is 1. The summed E-state index contributed by atoms with van der Waals surface area (Å²) in [7, 11) is 0. The largest absolute Gasteiger partial charge is 0.494 e. The van der Waals surface area contributed by atoms with Crippen LogP contribution in [0.2, 0.25) is 0 Å². The first kappa shape index (κ1) is 14.4. The average Bonchev–Trinajstić information content (AvgIpc) is 2.41. The van der Waals surface area contributed by atoms with E-state index >= 15 is 0 Å². The Kier molecular flexibility index (Phi) is 5.28. The van der Waals surface area contributed by atoms with E-state index in [1.807, 2.05) is 43.3 Å². The van der Waals surface area contributed by atoms with Crippen molar-refractivity contribution >= 4 is 37.5 Å². The van der Waals surface area contributed by atoms with Crippen molar-refractivity contribution in [3.63, 3.8) is 0 Å². The van der Waals surface area contributed by atoms with Crippen molar-refractivity contribution in [3.05, 3.63) is 57.0 Å². The zero-order valence-corrected chi connectivity index (χ0v) is 13.8. The fourth-order valence-corrected chi connectivity index (χ4v) is 2.42. The molecule has 2 aromatic rings. The normalized spacial score (nSPS) is 10.3. The Labute approximate surface area is 130 Å². The Morgan fingerprint density at radius 2 is 1.68 bits per heavy atom. The SMILES string of the molecule is CCOc1ccc(Br)cc1CNc1ccc(Br)cc1. The van der Waals surface area contributed by atoms with E-state index < -0.39 is 0 Å². The molecule has 0 aliphatic heterocycles. The van der Waals surface area contributed by atoms with Crippen LogP contribution in [0.5, 0.6) is 5.75 Å². The highest BCUT2D eigenvalue weighted by Crippen LogP contribution is 2.24. The summed E-state index contributed by atoms with van der Waals surface area (Å²) in [5, 5.41) is 3.39. The zero-order valence-electron chi connectivity index (χ0n) is 10.6. The molecule has 0 bridgehead atoms. The number of rotatable bonds is 5. The van der Waals surface area contributed by atoms with Crippen molar-refractivity contribution in [3.8, 4) is 5.75 Å². The molecule has 0 radical (unpaired) electrons. The summed E-state index contributed by atoms with van der Waals surface area (Å²) in [6.45, 7) is 3.40. The number of anilines is 1. The Hall–Kier alpha value is -1.00. The second kappa shape index (κ2) is 6.96. The van der Waals surface area contributed by atoms with Crippen LogP contribution in [0.1, 0.15) is 12.5 Å². The molecule has 2 rings (SSSR count). The van der Waals surface area contributed by atoms with Gasteiger partial charge in [-0.1, -0.05) is 31.9 Å². The van der Waals surface area contributed by atoms with Gasteiger partial charge in [-0.2, -0.15) is 0 Å². The van der Waals surface area contributed by atoms with Gasteiger partial charge in [0.15, 0.2) is 0 Å². The second-order valence-corrected chi connectivity index (χ2v) is 5.88. The highest BCUT2D eigenvalue weighted by molar-refractivity contribution is 9.10. The van der Waals surface area contributed by atoms with Gasteiger partial charge < -0.3 is 10.1 Å². The minimum absolute atomic E-state index is 0.674. The van der Waals surface area contributed by atoms with Gasteiger partial charge in [-0.25, -0.2) is 0 Å². The van der Waals surface area contributed by atoms with Crippen molar-refractivity contribution in [2.24, 2.45) is 0 Å². The molecular formula is C15H15Br2NO. The Balaban J connectivity index is 2.09. The van der Waals surface area contributed by atoms with Gasteiger partial charge >= 0.3 is 0 Å². The highest BCUT2D eigenvalue weighted by Gasteiger charge is 2.04. The van der Waals surface area contributed by atoms with Crippen molar-refractivity contribution in [1.82, 2.24) is 0 Å². The van der Waals surface area contributed by atoms with Crippen LogP contribution in [-0.4, -0.2) is 6.61 Å². The van der Waals surface area contributed by atoms with Crippen LogP contribution in [0.3, 0.4) is 0 Å². The Morgan fingerprint density at radius 1 is 1.00 bits per heavy atom. The fourth-order valence-electron chi connectivity index (χ4n) is 1.75. The maximum absolute atomic E-state index is 5.63. The first-order valence-corrected chi connectivity index (χ1v) is 7.68. The molecule has 0 spiro atoms. The molecule has 100 valence electrons. The lowest BCUT2D eigenvalue weighted by Gasteiger charge is -2.12. The quantitative estimate of drug-likeness (QED) is 0.762. The minimum Gasteiger partial charge on any atom is -0.494 e. The molecule has 1 N–H and O–H groups in total. The molecule has 19 heavy (non-hydrogen) atoms. The van der Waals surface area contributed by atoms with Gasteiger partial charge in [0, 0.05) is 26.7 Å². The van der Waals surface area contributed by atoms with E-state index in [0.717, 1.165) is 32.5 Å². The third kappa shape index (κ3) is 4.25. The number of benzene rings is 2. The molecule has 0 unspecified atom stereocenters. The van der Waals surface area contributed by atoms with Crippen LogP contribution in [0.15, 0.2) is 51.4 Å². The number of halogens is 2. The maximum Gasteiger partial charge on any atom is 0.124 e. The van der Waals surface area contributed by atoms with Crippen molar-refractivity contribution in [2.45, 2.75) is 13.5 Å². The number of ether oxygens (including phenoxy) is 1. The average molecular weight is 385 g/mol. The van der Waals surface area contributed by atoms with E-state index in [2.05, 4.69) is 43.2 Å². The van der Waals surface area contributed by atoms with Gasteiger partial charge in [0.25, 0.3) is 0 Å². The minimum atomic E-state index is 0.674. The lowest BCUT2D eigenvalue weighted by molar-refractivity contribution is 0.337. The molecule has 4 heteroatoms. The molecule has 0 saturated carbocycles. The summed E-state index contributed by atoms with van der Waals surface area (Å²) in [4.78, 5) is 0. The smallest absolute Gasteiger partial charge is 0.124 e. The fraction of sp³-hybridized carbons (Fsp3) is 0.200. The molecule has 2 aromatic carbocycles. The third-order valence-corrected chi connectivity index (χ3v) is 3.67. The Bertz CT molecular complexity index is 540. The van der Waals surface area contributed by atoms with Crippen LogP contribution >= 0.6 is 31.9 Å². The zero-order chi connectivity index (χ0) is 13.7. The Morgan fingerprint density at radius 3 is 2.37 bits per heavy atom. The summed E-state index contributed by atoms with van der Waals surface area (Å²) in [6.07, 6.45) is 0. The topological polar surface area (TPSA) is 21.3 Å². The molecular weight excluding hydrogens is 370 g/mol. The van der Waals surface area contributed by atoms with Crippen LogP contribution in [0.4, 0.5) is 5.69 Å². The molecule has 0 atom stereocenters. The number of hydrogen-bond acceptors (Lipinski definition) is 2. The molecule has 0 amide bonds. The van der Waals surface area contributed by atoms with E-state index in [9.17, 15) is 0 Å². The molecule has 0 fully saturated rings. The van der Waals surface area contributed by atoms with Crippen LogP contribution in [0.25, 0.3) is 0 Å². The second-order valence-electron chi connectivity index (χ2n) is 4.05. The van der Waals surface area contributed by atoms with E-state index in [0.29, 0.717) is 6.61 Å². The van der Waals surface area contributed by atoms with Gasteiger partial charge in [-0.3, -0.25) is 0 Å². The first-order valence-electron chi connectivity index (χ1n) is 6.09. The van der Waals surface area contributed by atoms with Gasteiger partial charge in [-0.15, -0.1) is 0 Å². The molecule has 2 nitrogen and oxygen atoms in total. The van der Waals surface area contributed by atoms with Crippen molar-refractivity contribution < 1.29 is 4.74 Å². The van der Waals surface area contributed by atoms with E-state index in [1.54, 1.807) is 0 Å². The lowest BCUT2D eigenvalue weighted by Crippen LogP contribution is -2.03. The first-order chi connectivity index (χ1) is 9.19. The van der Waals surface area contributed by atoms with Crippen molar-refractivity contribution in [2.75, 3.05) is 11.9 Å². The van der Waals surface area contributed by atoms with Gasteiger partial charge in [-0.05, 0) is 49.4 Å². The molecule has 0 saturated heterocycles. The summed E-state index contributed by atoms with van der Waals surface area (Å²) >= 11 is 6.92. The number of nitrogens with one attached hydrogen (secondary N) is 1. The standard InChI is InChI=1S/C15H15Br2NO/c1-2-19-15-8-5-13(17)9-11(15)10-18-14-6-3-12(16)4-7-14/h3-9,18H,2,10H2,1H3. The molecule has 0 aliphatic carbocycles. The summed E-state index contributed by atoms with van der Waals surface area (Å²) in [5.74, 6) is 0.926. The predicted octanol–water partition coefficient (Wildman–Crippen LogP) is 5.22. The third-order valence-electron chi connectivity index (χ3n) is 2.65. The molecule has 0 aromatic heterocycles. The van der Waals surface area contributed by atoms with E-state index in [1.165, 1.54) is 0 Å². The van der Waals surface area contributed by atoms with E-state index in [4.69, 9.17) is 4.74 Å². The molecule has 0 aliphatic rings. The monoisotopic (exact) mass is 383 g/mol. The van der Waals surface area contributed by atoms with Gasteiger partial charge in [0.05, 0.1) is 6.61 Å². The summed E-state index contributed by atoms with van der Waals surface area (Å²) < 4.78 is 7.77. The predicted molar refractivity (Wildman–Crippen MR) is 86.8 cm³/mol. The van der Waals surface area contributed by atoms with Crippen LogP contribution < -0.4 is 10.1 Å². The van der Waals surface area contributed by atoms with Crippen LogP contribution in [-0.2, 0) is 6.54 Å². The summed E-state index contributed by atoms with van der Waals surface area (Å²) in [6, 6.07) is 14.2. The molecule has 0 heterocycles. The van der Waals surface area contributed by atoms with E-state index in [-0.39, 0.29) is 0 Å². The highest BCUT2D eigenvalue weighted by atomic mass is 79.9. The van der Waals surface area contributed by atoms with Crippen molar-refractivity contribution in [1.29, 1.82) is 0 Å². The van der Waals surface area contributed by atoms with Gasteiger partial charge in [0.1, 0.15) is 5.75 Å². The maximum atomic E-state index is 5.63. The summed E-state index contributed by atoms with van der Waals surface area (Å²) in [5.41, 5.74) is 2.23.